The van der Waals surface area contributed by atoms with Crippen LogP contribution in [0.1, 0.15) is 46.0 Å². The van der Waals surface area contributed by atoms with Gasteiger partial charge in [-0.05, 0) is 25.0 Å². The zero-order valence-electron chi connectivity index (χ0n) is 9.31. The van der Waals surface area contributed by atoms with Crippen LogP contribution in [0.15, 0.2) is 0 Å². The van der Waals surface area contributed by atoms with Gasteiger partial charge in [0.2, 0.25) is 0 Å². The summed E-state index contributed by atoms with van der Waals surface area (Å²) in [7, 11) is 0. The molecule has 14 heavy (non-hydrogen) atoms. The number of hydrogen-bond donors (Lipinski definition) is 2. The highest BCUT2D eigenvalue weighted by molar-refractivity contribution is 7.99. The van der Waals surface area contributed by atoms with Crippen LogP contribution in [-0.4, -0.2) is 16.8 Å². The number of rotatable bonds is 5. The van der Waals surface area contributed by atoms with Crippen LogP contribution in [-0.2, 0) is 0 Å². The van der Waals surface area contributed by atoms with E-state index in [0.717, 1.165) is 17.4 Å². The van der Waals surface area contributed by atoms with Gasteiger partial charge < -0.3 is 5.73 Å². The monoisotopic (exact) mass is 214 g/mol. The number of nitrogens with two attached hydrogens (primary N) is 1. The summed E-state index contributed by atoms with van der Waals surface area (Å²) >= 11 is 2.08. The number of nitrogens with one attached hydrogen (secondary N) is 1. The molecule has 0 aromatic carbocycles. The molecule has 0 aromatic rings. The molecule has 1 rings (SSSR count). The summed E-state index contributed by atoms with van der Waals surface area (Å²) in [6, 6.07) is 0. The highest BCUT2D eigenvalue weighted by Gasteiger charge is 2.22. The van der Waals surface area contributed by atoms with Gasteiger partial charge in [-0.1, -0.05) is 26.7 Å². The quantitative estimate of drug-likeness (QED) is 0.546. The van der Waals surface area contributed by atoms with Crippen molar-refractivity contribution in [3.8, 4) is 0 Å². The Labute approximate surface area is 91.5 Å². The van der Waals surface area contributed by atoms with E-state index < -0.39 is 0 Å². The predicted octanol–water partition coefficient (Wildman–Crippen LogP) is 3.01. The van der Waals surface area contributed by atoms with Gasteiger partial charge in [0.1, 0.15) is 0 Å². The molecule has 1 saturated carbocycles. The molecule has 2 nitrogen and oxygen atoms in total. The van der Waals surface area contributed by atoms with Crippen LogP contribution >= 0.6 is 11.8 Å². The summed E-state index contributed by atoms with van der Waals surface area (Å²) < 4.78 is 0. The molecule has 0 unspecified atom stereocenters. The third-order valence-electron chi connectivity index (χ3n) is 3.11. The van der Waals surface area contributed by atoms with Crippen molar-refractivity contribution in [1.29, 1.82) is 5.41 Å². The zero-order valence-corrected chi connectivity index (χ0v) is 10.1. The van der Waals surface area contributed by atoms with E-state index in [1.165, 1.54) is 25.7 Å². The van der Waals surface area contributed by atoms with Crippen LogP contribution in [0.5, 0.6) is 0 Å². The Morgan fingerprint density at radius 3 is 2.50 bits per heavy atom. The van der Waals surface area contributed by atoms with Gasteiger partial charge in [0.05, 0.1) is 5.84 Å². The van der Waals surface area contributed by atoms with Crippen LogP contribution < -0.4 is 5.73 Å². The minimum absolute atomic E-state index is 0.106. The van der Waals surface area contributed by atoms with Crippen molar-refractivity contribution in [3.63, 3.8) is 0 Å². The molecule has 3 N–H and O–H groups in total. The second-order valence-electron chi connectivity index (χ2n) is 4.82. The normalized spacial score (nSPS) is 18.7. The van der Waals surface area contributed by atoms with Crippen LogP contribution in [0, 0.1) is 10.8 Å². The van der Waals surface area contributed by atoms with E-state index in [-0.39, 0.29) is 5.41 Å². The molecule has 0 atom stereocenters. The minimum Gasteiger partial charge on any atom is -0.387 e. The Balaban J connectivity index is 2.16. The number of thioether (sulfide) groups is 1. The topological polar surface area (TPSA) is 49.9 Å². The number of amidine groups is 1. The van der Waals surface area contributed by atoms with E-state index >= 15 is 0 Å². The SMILES string of the molecule is CC(C)(CCSC1CCCC1)C(=N)N. The molecular weight excluding hydrogens is 192 g/mol. The van der Waals surface area contributed by atoms with Crippen molar-refractivity contribution in [1.82, 2.24) is 0 Å². The minimum atomic E-state index is -0.106. The molecule has 0 amide bonds. The van der Waals surface area contributed by atoms with E-state index in [1.807, 2.05) is 0 Å². The molecule has 0 spiro atoms. The average Bonchev–Trinajstić information content (AvgIpc) is 2.56. The third kappa shape index (κ3) is 3.52. The van der Waals surface area contributed by atoms with Crippen molar-refractivity contribution < 1.29 is 0 Å². The van der Waals surface area contributed by atoms with Crippen molar-refractivity contribution >= 4 is 17.6 Å². The smallest absolute Gasteiger partial charge is 0.0963 e. The van der Waals surface area contributed by atoms with Crippen molar-refractivity contribution in [2.45, 2.75) is 51.2 Å². The van der Waals surface area contributed by atoms with Gasteiger partial charge in [0, 0.05) is 10.7 Å². The molecule has 3 heteroatoms. The largest absolute Gasteiger partial charge is 0.387 e. The summed E-state index contributed by atoms with van der Waals surface area (Å²) in [6.45, 7) is 4.12. The Bertz CT molecular complexity index is 195. The first-order valence-corrected chi connectivity index (χ1v) is 6.53. The first-order valence-electron chi connectivity index (χ1n) is 5.48. The Hall–Kier alpha value is -0.180. The predicted molar refractivity (Wildman–Crippen MR) is 65.0 cm³/mol. The van der Waals surface area contributed by atoms with Crippen LogP contribution in [0.25, 0.3) is 0 Å². The molecule has 0 aromatic heterocycles. The van der Waals surface area contributed by atoms with E-state index in [0.29, 0.717) is 5.84 Å². The molecule has 0 radical (unpaired) electrons. The Kier molecular flexibility index (Phi) is 4.30. The molecule has 1 aliphatic carbocycles. The fraction of sp³-hybridized carbons (Fsp3) is 0.909. The number of hydrogen-bond acceptors (Lipinski definition) is 2. The molecule has 1 aliphatic rings. The summed E-state index contributed by atoms with van der Waals surface area (Å²) in [5.74, 6) is 1.47. The Morgan fingerprint density at radius 1 is 1.43 bits per heavy atom. The lowest BCUT2D eigenvalue weighted by Crippen LogP contribution is -2.31. The van der Waals surface area contributed by atoms with Gasteiger partial charge in [-0.3, -0.25) is 5.41 Å². The average molecular weight is 214 g/mol. The lowest BCUT2D eigenvalue weighted by Gasteiger charge is -2.23. The van der Waals surface area contributed by atoms with Gasteiger partial charge in [-0.2, -0.15) is 11.8 Å². The molecular formula is C11H22N2S. The highest BCUT2D eigenvalue weighted by Crippen LogP contribution is 2.32. The second-order valence-corrected chi connectivity index (χ2v) is 6.23. The fourth-order valence-electron chi connectivity index (χ4n) is 1.67. The zero-order chi connectivity index (χ0) is 10.6. The fourth-order valence-corrected chi connectivity index (χ4v) is 3.30. The molecule has 1 fully saturated rings. The molecule has 82 valence electrons. The summed E-state index contributed by atoms with van der Waals surface area (Å²) in [5, 5.41) is 8.34. The summed E-state index contributed by atoms with van der Waals surface area (Å²) in [6.07, 6.45) is 6.64. The summed E-state index contributed by atoms with van der Waals surface area (Å²) in [5.41, 5.74) is 5.43. The van der Waals surface area contributed by atoms with Crippen LogP contribution in [0.4, 0.5) is 0 Å². The van der Waals surface area contributed by atoms with Crippen molar-refractivity contribution in [2.75, 3.05) is 5.75 Å². The standard InChI is InChI=1S/C11H22N2S/c1-11(2,10(12)13)7-8-14-9-5-3-4-6-9/h9H,3-8H2,1-2H3,(H3,12,13). The van der Waals surface area contributed by atoms with Gasteiger partial charge in [0.15, 0.2) is 0 Å². The lowest BCUT2D eigenvalue weighted by atomic mass is 9.89. The summed E-state index contributed by atoms with van der Waals surface area (Å²) in [4.78, 5) is 0. The van der Waals surface area contributed by atoms with Gasteiger partial charge in [-0.15, -0.1) is 0 Å². The van der Waals surface area contributed by atoms with Crippen LogP contribution in [0.2, 0.25) is 0 Å². The maximum absolute atomic E-state index is 7.45. The van der Waals surface area contributed by atoms with Gasteiger partial charge in [0.25, 0.3) is 0 Å². The van der Waals surface area contributed by atoms with E-state index in [2.05, 4.69) is 25.6 Å². The lowest BCUT2D eigenvalue weighted by molar-refractivity contribution is 0.499. The van der Waals surface area contributed by atoms with E-state index in [9.17, 15) is 0 Å². The van der Waals surface area contributed by atoms with Crippen molar-refractivity contribution in [2.24, 2.45) is 11.1 Å². The molecule has 0 heterocycles. The molecule has 0 aliphatic heterocycles. The first kappa shape index (κ1) is 11.9. The van der Waals surface area contributed by atoms with Crippen LogP contribution in [0.3, 0.4) is 0 Å². The maximum atomic E-state index is 7.45. The molecule has 0 saturated heterocycles. The Morgan fingerprint density at radius 2 is 2.00 bits per heavy atom. The maximum Gasteiger partial charge on any atom is 0.0963 e. The van der Waals surface area contributed by atoms with E-state index in [4.69, 9.17) is 11.1 Å². The van der Waals surface area contributed by atoms with Gasteiger partial charge >= 0.3 is 0 Å². The highest BCUT2D eigenvalue weighted by atomic mass is 32.2. The first-order chi connectivity index (χ1) is 6.52. The van der Waals surface area contributed by atoms with Gasteiger partial charge in [-0.25, -0.2) is 0 Å². The second kappa shape index (κ2) is 5.06. The molecule has 0 bridgehead atoms. The third-order valence-corrected chi connectivity index (χ3v) is 4.49. The van der Waals surface area contributed by atoms with Crippen molar-refractivity contribution in [3.05, 3.63) is 0 Å². The van der Waals surface area contributed by atoms with E-state index in [1.54, 1.807) is 0 Å².